The van der Waals surface area contributed by atoms with Crippen molar-refractivity contribution >= 4 is 34.9 Å². The summed E-state index contributed by atoms with van der Waals surface area (Å²) in [5, 5.41) is 9.52. The monoisotopic (exact) mass is 447 g/mol. The zero-order chi connectivity index (χ0) is 22.3. The predicted octanol–water partition coefficient (Wildman–Crippen LogP) is 6.65. The third-order valence-electron chi connectivity index (χ3n) is 5.78. The summed E-state index contributed by atoms with van der Waals surface area (Å²) in [7, 11) is 0. The Bertz CT molecular complexity index is 1080. The smallest absolute Gasteiger partial charge is 0.319 e. The number of urea groups is 1. The Hall–Kier alpha value is -3.31. The first-order valence-corrected chi connectivity index (χ1v) is 11.3. The highest BCUT2D eigenvalue weighted by Gasteiger charge is 2.28. The van der Waals surface area contributed by atoms with Crippen LogP contribution in [0.15, 0.2) is 78.9 Å². The first-order chi connectivity index (χ1) is 15.6. The van der Waals surface area contributed by atoms with Crippen molar-refractivity contribution in [1.29, 1.82) is 0 Å². The fourth-order valence-electron chi connectivity index (χ4n) is 4.24. The van der Waals surface area contributed by atoms with Gasteiger partial charge in [0.25, 0.3) is 5.91 Å². The zero-order valence-corrected chi connectivity index (χ0v) is 18.4. The van der Waals surface area contributed by atoms with E-state index in [4.69, 9.17) is 11.6 Å². The molecule has 4 rings (SSSR count). The number of benzene rings is 3. The highest BCUT2D eigenvalue weighted by Crippen LogP contribution is 2.36. The van der Waals surface area contributed by atoms with Crippen molar-refractivity contribution in [2.45, 2.75) is 31.7 Å². The minimum atomic E-state index is -0.303. The van der Waals surface area contributed by atoms with Crippen molar-refractivity contribution in [3.8, 4) is 0 Å². The SMILES string of the molecule is O=C(Nc1cccc(C(=O)Nc2ccccc2)c1)NC(c1cccc(Cl)c1)C1CCCC1. The van der Waals surface area contributed by atoms with Crippen LogP contribution in [0.4, 0.5) is 16.2 Å². The van der Waals surface area contributed by atoms with Crippen molar-refractivity contribution in [2.24, 2.45) is 5.92 Å². The van der Waals surface area contributed by atoms with Gasteiger partial charge in [0.1, 0.15) is 0 Å². The normalized spacial score (nSPS) is 14.5. The summed E-state index contributed by atoms with van der Waals surface area (Å²) in [6, 6.07) is 23.4. The van der Waals surface area contributed by atoms with E-state index < -0.39 is 0 Å². The van der Waals surface area contributed by atoms with Crippen LogP contribution in [-0.4, -0.2) is 11.9 Å². The predicted molar refractivity (Wildman–Crippen MR) is 129 cm³/mol. The second-order valence-corrected chi connectivity index (χ2v) is 8.51. The van der Waals surface area contributed by atoms with Gasteiger partial charge in [-0.25, -0.2) is 4.79 Å². The molecule has 0 spiro atoms. The lowest BCUT2D eigenvalue weighted by atomic mass is 9.92. The number of amides is 3. The van der Waals surface area contributed by atoms with Gasteiger partial charge in [-0.3, -0.25) is 4.79 Å². The number of para-hydroxylation sites is 1. The van der Waals surface area contributed by atoms with Crippen LogP contribution in [0.5, 0.6) is 0 Å². The molecule has 0 aliphatic heterocycles. The highest BCUT2D eigenvalue weighted by molar-refractivity contribution is 6.30. The Morgan fingerprint density at radius 1 is 0.812 bits per heavy atom. The van der Waals surface area contributed by atoms with E-state index in [1.54, 1.807) is 24.3 Å². The molecule has 1 aliphatic rings. The van der Waals surface area contributed by atoms with E-state index in [2.05, 4.69) is 16.0 Å². The molecular formula is C26H26ClN3O2. The summed E-state index contributed by atoms with van der Waals surface area (Å²) < 4.78 is 0. The largest absolute Gasteiger partial charge is 0.331 e. The number of nitrogens with one attached hydrogen (secondary N) is 3. The fraction of sp³-hybridized carbons (Fsp3) is 0.231. The van der Waals surface area contributed by atoms with Crippen LogP contribution in [0.25, 0.3) is 0 Å². The molecule has 1 atom stereocenters. The molecule has 0 heterocycles. The lowest BCUT2D eigenvalue weighted by Crippen LogP contribution is -2.36. The summed E-state index contributed by atoms with van der Waals surface area (Å²) in [4.78, 5) is 25.4. The number of rotatable bonds is 6. The van der Waals surface area contributed by atoms with Crippen LogP contribution in [0.3, 0.4) is 0 Å². The lowest BCUT2D eigenvalue weighted by molar-refractivity contribution is 0.102. The third-order valence-corrected chi connectivity index (χ3v) is 6.02. The van der Waals surface area contributed by atoms with E-state index in [9.17, 15) is 9.59 Å². The Morgan fingerprint density at radius 3 is 2.28 bits per heavy atom. The molecule has 3 amide bonds. The van der Waals surface area contributed by atoms with Gasteiger partial charge in [0.2, 0.25) is 0 Å². The van der Waals surface area contributed by atoms with Gasteiger partial charge < -0.3 is 16.0 Å². The second-order valence-electron chi connectivity index (χ2n) is 8.08. The number of hydrogen-bond acceptors (Lipinski definition) is 2. The molecular weight excluding hydrogens is 422 g/mol. The molecule has 1 unspecified atom stereocenters. The lowest BCUT2D eigenvalue weighted by Gasteiger charge is -2.25. The van der Waals surface area contributed by atoms with Gasteiger partial charge in [-0.1, -0.05) is 60.8 Å². The van der Waals surface area contributed by atoms with Gasteiger partial charge in [0, 0.05) is 22.0 Å². The maximum absolute atomic E-state index is 12.9. The molecule has 32 heavy (non-hydrogen) atoms. The van der Waals surface area contributed by atoms with Gasteiger partial charge in [0.15, 0.2) is 0 Å². The van der Waals surface area contributed by atoms with Crippen LogP contribution in [0, 0.1) is 5.92 Å². The molecule has 3 aromatic carbocycles. The quantitative estimate of drug-likeness (QED) is 0.396. The molecule has 0 aromatic heterocycles. The van der Waals surface area contributed by atoms with Crippen LogP contribution < -0.4 is 16.0 Å². The molecule has 0 radical (unpaired) electrons. The molecule has 6 heteroatoms. The molecule has 0 saturated heterocycles. The van der Waals surface area contributed by atoms with E-state index in [-0.39, 0.29) is 18.0 Å². The topological polar surface area (TPSA) is 70.2 Å². The summed E-state index contributed by atoms with van der Waals surface area (Å²) in [6.45, 7) is 0. The second kappa shape index (κ2) is 10.3. The van der Waals surface area contributed by atoms with Crippen molar-refractivity contribution in [1.82, 2.24) is 5.32 Å². The van der Waals surface area contributed by atoms with Gasteiger partial charge in [-0.05, 0) is 66.8 Å². The summed E-state index contributed by atoms with van der Waals surface area (Å²) in [6.07, 6.45) is 4.49. The fourth-order valence-corrected chi connectivity index (χ4v) is 4.43. The standard InChI is InChI=1S/C26H26ClN3O2/c27-21-12-6-10-19(16-21)24(18-8-4-5-9-18)30-26(32)29-23-15-7-11-20(17-23)25(31)28-22-13-2-1-3-14-22/h1-3,6-7,10-18,24H,4-5,8-9H2,(H,28,31)(H2,29,30,32). The first kappa shape index (κ1) is 21.9. The van der Waals surface area contributed by atoms with E-state index in [0.717, 1.165) is 24.1 Å². The average molecular weight is 448 g/mol. The van der Waals surface area contributed by atoms with Gasteiger partial charge in [-0.2, -0.15) is 0 Å². The molecule has 1 saturated carbocycles. The maximum atomic E-state index is 12.9. The van der Waals surface area contributed by atoms with E-state index in [0.29, 0.717) is 22.2 Å². The minimum absolute atomic E-state index is 0.110. The number of hydrogen-bond donors (Lipinski definition) is 3. The van der Waals surface area contributed by atoms with Crippen LogP contribution in [0.1, 0.15) is 47.6 Å². The summed E-state index contributed by atoms with van der Waals surface area (Å²) in [5.74, 6) is 0.144. The number of carbonyl (C=O) groups excluding carboxylic acids is 2. The van der Waals surface area contributed by atoms with E-state index in [1.165, 1.54) is 12.8 Å². The molecule has 5 nitrogen and oxygen atoms in total. The summed E-state index contributed by atoms with van der Waals surface area (Å²) >= 11 is 6.20. The van der Waals surface area contributed by atoms with Crippen LogP contribution in [0.2, 0.25) is 5.02 Å². The number of carbonyl (C=O) groups is 2. The van der Waals surface area contributed by atoms with Crippen LogP contribution in [-0.2, 0) is 0 Å². The van der Waals surface area contributed by atoms with Gasteiger partial charge in [0.05, 0.1) is 6.04 Å². The van der Waals surface area contributed by atoms with Crippen LogP contribution >= 0.6 is 11.6 Å². The molecule has 3 aromatic rings. The van der Waals surface area contributed by atoms with E-state index in [1.807, 2.05) is 54.6 Å². The molecule has 1 aliphatic carbocycles. The number of anilines is 2. The molecule has 0 bridgehead atoms. The van der Waals surface area contributed by atoms with E-state index >= 15 is 0 Å². The van der Waals surface area contributed by atoms with Crippen molar-refractivity contribution in [3.05, 3.63) is 95.0 Å². The molecule has 3 N–H and O–H groups in total. The average Bonchev–Trinajstić information content (AvgIpc) is 3.33. The van der Waals surface area contributed by atoms with Crippen molar-refractivity contribution < 1.29 is 9.59 Å². The van der Waals surface area contributed by atoms with Gasteiger partial charge >= 0.3 is 6.03 Å². The molecule has 164 valence electrons. The maximum Gasteiger partial charge on any atom is 0.319 e. The van der Waals surface area contributed by atoms with Gasteiger partial charge in [-0.15, -0.1) is 0 Å². The first-order valence-electron chi connectivity index (χ1n) is 10.9. The highest BCUT2D eigenvalue weighted by atomic mass is 35.5. The van der Waals surface area contributed by atoms with Crippen molar-refractivity contribution in [2.75, 3.05) is 10.6 Å². The Morgan fingerprint density at radius 2 is 1.53 bits per heavy atom. The zero-order valence-electron chi connectivity index (χ0n) is 17.7. The summed E-state index contributed by atoms with van der Waals surface area (Å²) in [5.41, 5.74) is 2.75. The molecule has 1 fully saturated rings. The van der Waals surface area contributed by atoms with Crippen molar-refractivity contribution in [3.63, 3.8) is 0 Å². The number of halogens is 1. The minimum Gasteiger partial charge on any atom is -0.331 e. The third kappa shape index (κ3) is 5.68. The Balaban J connectivity index is 1.44. The Labute approximate surface area is 193 Å². The Kier molecular flexibility index (Phi) is 7.07.